The van der Waals surface area contributed by atoms with Crippen LogP contribution in [0.3, 0.4) is 0 Å². The van der Waals surface area contributed by atoms with Gasteiger partial charge >= 0.3 is 5.97 Å². The third-order valence-corrected chi connectivity index (χ3v) is 3.90. The number of esters is 1. The minimum absolute atomic E-state index is 0.306. The van der Waals surface area contributed by atoms with Crippen molar-refractivity contribution >= 4 is 29.2 Å². The molecule has 0 atom stereocenters. The molecule has 0 unspecified atom stereocenters. The third-order valence-electron chi connectivity index (χ3n) is 3.64. The van der Waals surface area contributed by atoms with Gasteiger partial charge in [-0.1, -0.05) is 11.6 Å². The van der Waals surface area contributed by atoms with Crippen LogP contribution in [0.25, 0.3) is 0 Å². The van der Waals surface area contributed by atoms with E-state index in [-0.39, 0.29) is 5.91 Å². The topological polar surface area (TPSA) is 59.0 Å². The van der Waals surface area contributed by atoms with Crippen molar-refractivity contribution in [2.45, 2.75) is 27.7 Å². The molecule has 0 saturated heterocycles. The first kappa shape index (κ1) is 16.2. The minimum atomic E-state index is -0.502. The van der Waals surface area contributed by atoms with Gasteiger partial charge in [-0.15, -0.1) is 0 Å². The van der Waals surface area contributed by atoms with E-state index in [0.29, 0.717) is 16.3 Å². The van der Waals surface area contributed by atoms with E-state index in [9.17, 15) is 9.59 Å². The number of carbonyl (C=O) groups excluding carboxylic acids is 2. The first-order chi connectivity index (χ1) is 10.2. The van der Waals surface area contributed by atoms with E-state index in [0.717, 1.165) is 5.71 Å². The molecular formula is C16H17ClN2O3. The van der Waals surface area contributed by atoms with Gasteiger partial charge < -0.3 is 4.74 Å². The van der Waals surface area contributed by atoms with Crippen LogP contribution >= 0.6 is 11.6 Å². The van der Waals surface area contributed by atoms with Crippen molar-refractivity contribution in [1.29, 1.82) is 0 Å². The van der Waals surface area contributed by atoms with Crippen molar-refractivity contribution in [2.75, 3.05) is 0 Å². The molecule has 1 amide bonds. The first-order valence-corrected chi connectivity index (χ1v) is 7.15. The quantitative estimate of drug-likeness (QED) is 0.618. The SMILES string of the molecule is CC(=O)O/C=C1\N(C(=O)c2ccc(Cl)cc2)N=C(C)C1(C)C. The van der Waals surface area contributed by atoms with Gasteiger partial charge in [0.2, 0.25) is 0 Å². The molecule has 0 saturated carbocycles. The number of allylic oxidation sites excluding steroid dienone is 1. The second kappa shape index (κ2) is 5.93. The number of amides is 1. The summed E-state index contributed by atoms with van der Waals surface area (Å²) in [5.74, 6) is -0.758. The number of hydrogen-bond acceptors (Lipinski definition) is 4. The lowest BCUT2D eigenvalue weighted by atomic mass is 9.86. The van der Waals surface area contributed by atoms with Crippen LogP contribution in [-0.4, -0.2) is 22.6 Å². The molecule has 0 radical (unpaired) electrons. The molecule has 22 heavy (non-hydrogen) atoms. The molecule has 1 aliphatic heterocycles. The number of ether oxygens (including phenoxy) is 1. The lowest BCUT2D eigenvalue weighted by Gasteiger charge is -2.23. The maximum atomic E-state index is 12.6. The Bertz CT molecular complexity index is 675. The fourth-order valence-electron chi connectivity index (χ4n) is 1.98. The van der Waals surface area contributed by atoms with Crippen molar-refractivity contribution in [3.63, 3.8) is 0 Å². The number of hydrogen-bond donors (Lipinski definition) is 0. The summed E-state index contributed by atoms with van der Waals surface area (Å²) in [5, 5.41) is 6.12. The van der Waals surface area contributed by atoms with Gasteiger partial charge in [0.05, 0.1) is 11.1 Å². The molecule has 1 heterocycles. The predicted molar refractivity (Wildman–Crippen MR) is 84.4 cm³/mol. The van der Waals surface area contributed by atoms with Gasteiger partial charge in [0.15, 0.2) is 0 Å². The highest BCUT2D eigenvalue weighted by Crippen LogP contribution is 2.38. The highest BCUT2D eigenvalue weighted by molar-refractivity contribution is 6.30. The molecule has 0 aromatic heterocycles. The van der Waals surface area contributed by atoms with Gasteiger partial charge in [0.25, 0.3) is 5.91 Å². The number of nitrogens with zero attached hydrogens (tertiary/aromatic N) is 2. The number of hydrazone groups is 1. The normalized spacial score (nSPS) is 18.3. The van der Waals surface area contributed by atoms with Crippen molar-refractivity contribution in [2.24, 2.45) is 10.5 Å². The Balaban J connectivity index is 2.38. The molecule has 2 rings (SSSR count). The molecule has 5 nitrogen and oxygen atoms in total. The van der Waals surface area contributed by atoms with Crippen LogP contribution in [0, 0.1) is 5.41 Å². The molecule has 1 aliphatic rings. The summed E-state index contributed by atoms with van der Waals surface area (Å²) in [4.78, 5) is 23.7. The maximum Gasteiger partial charge on any atom is 0.307 e. The van der Waals surface area contributed by atoms with Crippen molar-refractivity contribution in [3.8, 4) is 0 Å². The minimum Gasteiger partial charge on any atom is -0.433 e. The standard InChI is InChI=1S/C16H17ClN2O3/c1-10-16(3,4)14(9-22-11(2)20)19(18-10)15(21)12-5-7-13(17)8-6-12/h5-9H,1-4H3/b14-9-. The third kappa shape index (κ3) is 3.04. The van der Waals surface area contributed by atoms with Crippen molar-refractivity contribution in [1.82, 2.24) is 5.01 Å². The van der Waals surface area contributed by atoms with Crippen molar-refractivity contribution in [3.05, 3.63) is 46.8 Å². The molecule has 0 aliphatic carbocycles. The Morgan fingerprint density at radius 3 is 2.41 bits per heavy atom. The van der Waals surface area contributed by atoms with E-state index in [2.05, 4.69) is 5.10 Å². The summed E-state index contributed by atoms with van der Waals surface area (Å²) in [7, 11) is 0. The highest BCUT2D eigenvalue weighted by Gasteiger charge is 2.40. The number of carbonyl (C=O) groups is 2. The van der Waals surface area contributed by atoms with Crippen LogP contribution in [0.15, 0.2) is 41.3 Å². The molecule has 0 fully saturated rings. The second-order valence-electron chi connectivity index (χ2n) is 5.55. The van der Waals surface area contributed by atoms with Crippen LogP contribution in [0.1, 0.15) is 38.1 Å². The highest BCUT2D eigenvalue weighted by atomic mass is 35.5. The average molecular weight is 321 g/mol. The molecule has 0 N–H and O–H groups in total. The Morgan fingerprint density at radius 2 is 1.86 bits per heavy atom. The molecule has 0 bridgehead atoms. The van der Waals surface area contributed by atoms with E-state index in [1.165, 1.54) is 18.2 Å². The van der Waals surface area contributed by atoms with Gasteiger partial charge in [0.1, 0.15) is 6.26 Å². The van der Waals surface area contributed by atoms with Crippen LogP contribution in [0.5, 0.6) is 0 Å². The molecule has 1 aromatic carbocycles. The van der Waals surface area contributed by atoms with Gasteiger partial charge in [-0.3, -0.25) is 9.59 Å². The van der Waals surface area contributed by atoms with Crippen molar-refractivity contribution < 1.29 is 14.3 Å². The van der Waals surface area contributed by atoms with Crippen LogP contribution < -0.4 is 0 Å². The molecule has 1 aromatic rings. The predicted octanol–water partition coefficient (Wildman–Crippen LogP) is 3.60. The molecule has 116 valence electrons. The largest absolute Gasteiger partial charge is 0.433 e. The lowest BCUT2D eigenvalue weighted by molar-refractivity contribution is -0.135. The smallest absolute Gasteiger partial charge is 0.307 e. The molecule has 6 heteroatoms. The van der Waals surface area contributed by atoms with E-state index < -0.39 is 11.4 Å². The van der Waals surface area contributed by atoms with Gasteiger partial charge in [-0.05, 0) is 45.0 Å². The summed E-state index contributed by atoms with van der Waals surface area (Å²) in [6, 6.07) is 6.54. The fraction of sp³-hybridized carbons (Fsp3) is 0.312. The van der Waals surface area contributed by atoms with E-state index in [1.54, 1.807) is 24.3 Å². The maximum absolute atomic E-state index is 12.6. The molecular weight excluding hydrogens is 304 g/mol. The zero-order valence-corrected chi connectivity index (χ0v) is 13.6. The average Bonchev–Trinajstić information content (AvgIpc) is 2.67. The Kier molecular flexibility index (Phi) is 4.37. The second-order valence-corrected chi connectivity index (χ2v) is 5.98. The summed E-state index contributed by atoms with van der Waals surface area (Å²) < 4.78 is 4.96. The van der Waals surface area contributed by atoms with E-state index in [4.69, 9.17) is 16.3 Å². The van der Waals surface area contributed by atoms with E-state index in [1.807, 2.05) is 20.8 Å². The summed E-state index contributed by atoms with van der Waals surface area (Å²) >= 11 is 5.84. The Hall–Kier alpha value is -2.14. The fourth-order valence-corrected chi connectivity index (χ4v) is 2.11. The summed E-state index contributed by atoms with van der Waals surface area (Å²) in [6.07, 6.45) is 1.29. The lowest BCUT2D eigenvalue weighted by Crippen LogP contribution is -2.29. The Morgan fingerprint density at radius 1 is 1.27 bits per heavy atom. The summed E-state index contributed by atoms with van der Waals surface area (Å²) in [6.45, 7) is 6.96. The van der Waals surface area contributed by atoms with Gasteiger partial charge in [-0.25, -0.2) is 0 Å². The van der Waals surface area contributed by atoms with Crippen LogP contribution in [-0.2, 0) is 9.53 Å². The molecule has 0 spiro atoms. The van der Waals surface area contributed by atoms with Gasteiger partial charge in [-0.2, -0.15) is 10.1 Å². The number of rotatable bonds is 2. The monoisotopic (exact) mass is 320 g/mol. The van der Waals surface area contributed by atoms with E-state index >= 15 is 0 Å². The van der Waals surface area contributed by atoms with Crippen LogP contribution in [0.4, 0.5) is 0 Å². The summed E-state index contributed by atoms with van der Waals surface area (Å²) in [5.41, 5.74) is 1.22. The zero-order chi connectivity index (χ0) is 16.5. The first-order valence-electron chi connectivity index (χ1n) is 6.77. The van der Waals surface area contributed by atoms with Gasteiger partial charge in [0, 0.05) is 23.2 Å². The zero-order valence-electron chi connectivity index (χ0n) is 12.9. The Labute approximate surface area is 134 Å². The number of benzene rings is 1. The van der Waals surface area contributed by atoms with Crippen LogP contribution in [0.2, 0.25) is 5.02 Å². The number of halogens is 1.